The number of thioether (sulfide) groups is 2. The molecule has 24 heavy (non-hydrogen) atoms. The minimum atomic E-state index is -0.966. The standard InChI is InChI=1S/C14H20N2O6S2/c1-23-7-3-11(16-10-17)13(18)20-5-6-21-14(19)12(22-9-15)4-8-24-2/h11-12H,3-8H2,1-2H3. The molecule has 0 bridgehead atoms. The first-order valence-electron chi connectivity index (χ1n) is 7.03. The van der Waals surface area contributed by atoms with Gasteiger partial charge in [-0.2, -0.15) is 33.8 Å². The predicted octanol–water partition coefficient (Wildman–Crippen LogP) is 1.15. The molecule has 0 amide bonds. The fourth-order valence-electron chi connectivity index (χ4n) is 1.52. The Kier molecular flexibility index (Phi) is 13.8. The minimum absolute atomic E-state index is 0.170. The van der Waals surface area contributed by atoms with Gasteiger partial charge in [-0.05, 0) is 30.4 Å². The van der Waals surface area contributed by atoms with Crippen molar-refractivity contribution in [3.8, 4) is 6.26 Å². The number of ether oxygens (including phenoxy) is 3. The molecule has 0 aromatic rings. The van der Waals surface area contributed by atoms with E-state index in [1.54, 1.807) is 0 Å². The molecule has 8 nitrogen and oxygen atoms in total. The van der Waals surface area contributed by atoms with Crippen LogP contribution in [0.2, 0.25) is 0 Å². The molecule has 2 unspecified atom stereocenters. The van der Waals surface area contributed by atoms with E-state index in [9.17, 15) is 14.4 Å². The Hall–Kier alpha value is -1.69. The van der Waals surface area contributed by atoms with Crippen molar-refractivity contribution in [1.29, 1.82) is 5.26 Å². The van der Waals surface area contributed by atoms with Crippen LogP contribution in [0.15, 0.2) is 4.99 Å². The molecule has 10 heteroatoms. The zero-order chi connectivity index (χ0) is 18.2. The summed E-state index contributed by atoms with van der Waals surface area (Å²) in [4.78, 5) is 37.2. The Balaban J connectivity index is 4.20. The van der Waals surface area contributed by atoms with Gasteiger partial charge in [0, 0.05) is 6.42 Å². The molecule has 2 atom stereocenters. The third-order valence-corrected chi connectivity index (χ3v) is 3.98. The number of rotatable bonds is 13. The van der Waals surface area contributed by atoms with E-state index >= 15 is 0 Å². The van der Waals surface area contributed by atoms with Gasteiger partial charge in [0.1, 0.15) is 13.2 Å². The normalized spacial score (nSPS) is 12.2. The molecule has 134 valence electrons. The van der Waals surface area contributed by atoms with Crippen LogP contribution in [0.3, 0.4) is 0 Å². The first-order valence-corrected chi connectivity index (χ1v) is 9.82. The van der Waals surface area contributed by atoms with Gasteiger partial charge < -0.3 is 14.2 Å². The zero-order valence-corrected chi connectivity index (χ0v) is 15.2. The van der Waals surface area contributed by atoms with E-state index in [1.165, 1.54) is 35.9 Å². The highest BCUT2D eigenvalue weighted by molar-refractivity contribution is 7.98. The van der Waals surface area contributed by atoms with E-state index in [-0.39, 0.29) is 13.2 Å². The number of carbonyl (C=O) groups excluding carboxylic acids is 3. The van der Waals surface area contributed by atoms with E-state index in [0.29, 0.717) is 24.3 Å². The van der Waals surface area contributed by atoms with Gasteiger partial charge in [0.2, 0.25) is 12.2 Å². The van der Waals surface area contributed by atoms with Crippen LogP contribution in [-0.4, -0.2) is 67.4 Å². The molecule has 0 spiro atoms. The number of carbonyl (C=O) groups is 2. The van der Waals surface area contributed by atoms with Gasteiger partial charge >= 0.3 is 11.9 Å². The lowest BCUT2D eigenvalue weighted by Gasteiger charge is -2.13. The number of isocyanates is 1. The maximum atomic E-state index is 11.7. The van der Waals surface area contributed by atoms with Crippen molar-refractivity contribution < 1.29 is 28.6 Å². The van der Waals surface area contributed by atoms with Gasteiger partial charge in [0.15, 0.2) is 6.04 Å². The van der Waals surface area contributed by atoms with Crippen LogP contribution in [0.25, 0.3) is 0 Å². The highest BCUT2D eigenvalue weighted by Gasteiger charge is 2.22. The maximum Gasteiger partial charge on any atom is 0.348 e. The summed E-state index contributed by atoms with van der Waals surface area (Å²) in [6.07, 6.45) is 6.29. The average Bonchev–Trinajstić information content (AvgIpc) is 2.58. The smallest absolute Gasteiger partial charge is 0.348 e. The first-order chi connectivity index (χ1) is 11.6. The third kappa shape index (κ3) is 10.2. The van der Waals surface area contributed by atoms with E-state index in [2.05, 4.69) is 9.73 Å². The summed E-state index contributed by atoms with van der Waals surface area (Å²) in [6.45, 7) is -0.342. The van der Waals surface area contributed by atoms with Gasteiger partial charge in [-0.15, -0.1) is 0 Å². The van der Waals surface area contributed by atoms with E-state index in [1.807, 2.05) is 12.5 Å². The molecule has 0 rings (SSSR count). The predicted molar refractivity (Wildman–Crippen MR) is 90.3 cm³/mol. The van der Waals surface area contributed by atoms with Gasteiger partial charge in [-0.1, -0.05) is 0 Å². The first kappa shape index (κ1) is 22.3. The monoisotopic (exact) mass is 376 g/mol. The summed E-state index contributed by atoms with van der Waals surface area (Å²) >= 11 is 3.02. The Morgan fingerprint density at radius 2 is 1.67 bits per heavy atom. The second-order valence-electron chi connectivity index (χ2n) is 4.33. The van der Waals surface area contributed by atoms with Crippen LogP contribution < -0.4 is 0 Å². The number of hydrogen-bond acceptors (Lipinski definition) is 10. The molecule has 0 aliphatic carbocycles. The van der Waals surface area contributed by atoms with Crippen LogP contribution in [0.4, 0.5) is 0 Å². The van der Waals surface area contributed by atoms with Crippen molar-refractivity contribution in [1.82, 2.24) is 0 Å². The van der Waals surface area contributed by atoms with Gasteiger partial charge in [-0.3, -0.25) is 0 Å². The van der Waals surface area contributed by atoms with E-state index < -0.39 is 24.1 Å². The highest BCUT2D eigenvalue weighted by Crippen LogP contribution is 2.07. The van der Waals surface area contributed by atoms with Crippen molar-refractivity contribution in [3.05, 3.63) is 0 Å². The van der Waals surface area contributed by atoms with Crippen LogP contribution in [0.1, 0.15) is 12.8 Å². The summed E-state index contributed by atoms with van der Waals surface area (Å²) in [5, 5.41) is 8.51. The van der Waals surface area contributed by atoms with Crippen LogP contribution in [0.5, 0.6) is 0 Å². The Bertz CT molecular complexity index is 476. The van der Waals surface area contributed by atoms with Crippen molar-refractivity contribution in [2.75, 3.05) is 37.2 Å². The second kappa shape index (κ2) is 14.9. The van der Waals surface area contributed by atoms with E-state index in [0.717, 1.165) is 0 Å². The molecule has 0 N–H and O–H groups in total. The molecular weight excluding hydrogens is 356 g/mol. The number of aliphatic imine (C=N–C) groups is 1. The summed E-state index contributed by atoms with van der Waals surface area (Å²) in [5.41, 5.74) is 0. The highest BCUT2D eigenvalue weighted by atomic mass is 32.2. The Morgan fingerprint density at radius 1 is 1.08 bits per heavy atom. The summed E-state index contributed by atoms with van der Waals surface area (Å²) in [5.74, 6) is -0.0815. The second-order valence-corrected chi connectivity index (χ2v) is 6.30. The Morgan fingerprint density at radius 3 is 2.21 bits per heavy atom. The molecule has 0 fully saturated rings. The minimum Gasteiger partial charge on any atom is -0.460 e. The summed E-state index contributed by atoms with van der Waals surface area (Å²) in [6, 6.07) is -0.901. The van der Waals surface area contributed by atoms with Gasteiger partial charge in [0.05, 0.1) is 0 Å². The lowest BCUT2D eigenvalue weighted by molar-refractivity contribution is -0.159. The lowest BCUT2D eigenvalue weighted by Crippen LogP contribution is -2.28. The molecule has 0 aliphatic rings. The lowest BCUT2D eigenvalue weighted by atomic mass is 10.2. The van der Waals surface area contributed by atoms with Crippen LogP contribution in [0, 0.1) is 11.5 Å². The molecule has 0 aromatic heterocycles. The largest absolute Gasteiger partial charge is 0.460 e. The molecule has 0 saturated heterocycles. The quantitative estimate of drug-likeness (QED) is 0.153. The van der Waals surface area contributed by atoms with Crippen molar-refractivity contribution >= 4 is 41.5 Å². The number of nitriles is 1. The fourth-order valence-corrected chi connectivity index (χ4v) is 2.42. The van der Waals surface area contributed by atoms with Crippen molar-refractivity contribution in [2.45, 2.75) is 25.0 Å². The average molecular weight is 376 g/mol. The van der Waals surface area contributed by atoms with E-state index in [4.69, 9.17) is 14.7 Å². The van der Waals surface area contributed by atoms with Crippen LogP contribution >= 0.6 is 23.5 Å². The van der Waals surface area contributed by atoms with Crippen molar-refractivity contribution in [2.24, 2.45) is 4.99 Å². The topological polar surface area (TPSA) is 115 Å². The van der Waals surface area contributed by atoms with Gasteiger partial charge in [-0.25, -0.2) is 14.4 Å². The van der Waals surface area contributed by atoms with Crippen molar-refractivity contribution in [3.63, 3.8) is 0 Å². The van der Waals surface area contributed by atoms with Gasteiger partial charge in [0.25, 0.3) is 6.26 Å². The molecule has 0 heterocycles. The molecule has 0 saturated carbocycles. The molecule has 0 radical (unpaired) electrons. The molecule has 0 aliphatic heterocycles. The zero-order valence-electron chi connectivity index (χ0n) is 13.6. The molecule has 0 aromatic carbocycles. The Labute approximate surface area is 149 Å². The summed E-state index contributed by atoms with van der Waals surface area (Å²) < 4.78 is 14.5. The number of hydrogen-bond donors (Lipinski definition) is 0. The maximum absolute atomic E-state index is 11.7. The third-order valence-electron chi connectivity index (χ3n) is 2.69. The molecular formula is C14H20N2O6S2. The van der Waals surface area contributed by atoms with Crippen LogP contribution in [-0.2, 0) is 28.6 Å². The summed E-state index contributed by atoms with van der Waals surface area (Å²) in [7, 11) is 0. The SMILES string of the molecule is CSCCC(N=C=O)C(=O)OCCOC(=O)C(CCSC)OC#N. The number of esters is 2. The fraction of sp³-hybridized carbons (Fsp3) is 0.714. The number of nitrogens with zero attached hydrogens (tertiary/aromatic N) is 2.